The van der Waals surface area contributed by atoms with Gasteiger partial charge in [-0.15, -0.1) is 11.3 Å². The number of amides is 2. The Morgan fingerprint density at radius 1 is 0.972 bits per heavy atom. The number of carbonyl (C=O) groups excluding carboxylic acids is 2. The lowest BCUT2D eigenvalue weighted by atomic mass is 9.93. The van der Waals surface area contributed by atoms with E-state index in [9.17, 15) is 9.59 Å². The first-order valence-electron chi connectivity index (χ1n) is 13.1. The Balaban J connectivity index is 1.20. The van der Waals surface area contributed by atoms with Crippen LogP contribution < -0.4 is 0 Å². The van der Waals surface area contributed by atoms with E-state index in [1.165, 1.54) is 21.6 Å². The molecule has 1 aromatic heterocycles. The van der Waals surface area contributed by atoms with E-state index in [-0.39, 0.29) is 23.9 Å². The minimum absolute atomic E-state index is 0.00136. The number of hydrogen-bond donors (Lipinski definition) is 0. The van der Waals surface area contributed by atoms with Gasteiger partial charge in [0.25, 0.3) is 5.91 Å². The Bertz CT molecular complexity index is 1190. The summed E-state index contributed by atoms with van der Waals surface area (Å²) in [4.78, 5) is 34.1. The van der Waals surface area contributed by atoms with E-state index in [0.29, 0.717) is 26.1 Å². The highest BCUT2D eigenvalue weighted by Crippen LogP contribution is 2.37. The molecular weight excluding hydrogens is 466 g/mol. The SMILES string of the molecule is CCc1ccc(C(=O)N2CCN(C(=O)CCN3CCc4sccc4C3c3ccccc3)CC2C)cc1. The number of fused-ring (bicyclic) bond motifs is 1. The minimum atomic E-state index is 0.00136. The van der Waals surface area contributed by atoms with E-state index in [0.717, 1.165) is 31.5 Å². The molecule has 188 valence electrons. The second-order valence-electron chi connectivity index (χ2n) is 9.89. The summed E-state index contributed by atoms with van der Waals surface area (Å²) in [5.41, 5.74) is 4.63. The molecule has 3 aromatic rings. The highest BCUT2D eigenvalue weighted by atomic mass is 32.1. The van der Waals surface area contributed by atoms with Crippen molar-refractivity contribution in [2.45, 2.75) is 45.2 Å². The second-order valence-corrected chi connectivity index (χ2v) is 10.9. The van der Waals surface area contributed by atoms with Crippen LogP contribution in [0.4, 0.5) is 0 Å². The van der Waals surface area contributed by atoms with Crippen molar-refractivity contribution in [1.29, 1.82) is 0 Å². The first kappa shape index (κ1) is 24.7. The molecule has 0 bridgehead atoms. The quantitative estimate of drug-likeness (QED) is 0.476. The summed E-state index contributed by atoms with van der Waals surface area (Å²) in [6.07, 6.45) is 2.51. The summed E-state index contributed by atoms with van der Waals surface area (Å²) >= 11 is 1.84. The number of aryl methyl sites for hydroxylation is 1. The second kappa shape index (κ2) is 11.0. The molecule has 0 N–H and O–H groups in total. The molecule has 5 rings (SSSR count). The van der Waals surface area contributed by atoms with E-state index >= 15 is 0 Å². The van der Waals surface area contributed by atoms with Crippen molar-refractivity contribution < 1.29 is 9.59 Å². The van der Waals surface area contributed by atoms with E-state index < -0.39 is 0 Å². The minimum Gasteiger partial charge on any atom is -0.339 e. The summed E-state index contributed by atoms with van der Waals surface area (Å²) in [6, 6.07) is 21.0. The maximum Gasteiger partial charge on any atom is 0.254 e. The number of piperazine rings is 1. The summed E-state index contributed by atoms with van der Waals surface area (Å²) in [6.45, 7) is 7.64. The topological polar surface area (TPSA) is 43.9 Å². The molecule has 2 aromatic carbocycles. The van der Waals surface area contributed by atoms with E-state index in [1.807, 2.05) is 52.3 Å². The molecule has 2 amide bonds. The number of carbonyl (C=O) groups is 2. The standard InChI is InChI=1S/C30H35N3O2S/c1-3-23-9-11-25(12-10-23)30(35)33-19-18-32(21-22(33)2)28(34)14-17-31-16-13-27-26(15-20-36-27)29(31)24-7-5-4-6-8-24/h4-12,15,20,22,29H,3,13-14,16-19,21H2,1-2H3. The van der Waals surface area contributed by atoms with Crippen molar-refractivity contribution in [2.24, 2.45) is 0 Å². The smallest absolute Gasteiger partial charge is 0.254 e. The Hall–Kier alpha value is -2.96. The zero-order valence-corrected chi connectivity index (χ0v) is 22.0. The summed E-state index contributed by atoms with van der Waals surface area (Å²) in [5, 5.41) is 2.19. The lowest BCUT2D eigenvalue weighted by molar-refractivity contribution is -0.134. The van der Waals surface area contributed by atoms with Gasteiger partial charge in [0.1, 0.15) is 0 Å². The van der Waals surface area contributed by atoms with Gasteiger partial charge in [-0.25, -0.2) is 0 Å². The zero-order chi connectivity index (χ0) is 25.1. The molecule has 2 unspecified atom stereocenters. The Kier molecular flexibility index (Phi) is 7.54. The Morgan fingerprint density at radius 2 is 1.75 bits per heavy atom. The fourth-order valence-corrected chi connectivity index (χ4v) is 6.47. The average molecular weight is 502 g/mol. The van der Waals surface area contributed by atoms with Gasteiger partial charge < -0.3 is 9.80 Å². The number of thiophene rings is 1. The molecule has 1 fully saturated rings. The fraction of sp³-hybridized carbons (Fsp3) is 0.400. The molecular formula is C30H35N3O2S. The van der Waals surface area contributed by atoms with E-state index in [4.69, 9.17) is 0 Å². The molecule has 2 aliphatic rings. The van der Waals surface area contributed by atoms with E-state index in [1.54, 1.807) is 0 Å². The van der Waals surface area contributed by atoms with Crippen molar-refractivity contribution in [3.05, 3.63) is 93.2 Å². The maximum absolute atomic E-state index is 13.2. The zero-order valence-electron chi connectivity index (χ0n) is 21.2. The molecule has 3 heterocycles. The molecule has 1 saturated heterocycles. The van der Waals surface area contributed by atoms with Crippen LogP contribution >= 0.6 is 11.3 Å². The van der Waals surface area contributed by atoms with Crippen LogP contribution in [-0.2, 0) is 17.6 Å². The molecule has 2 atom stereocenters. The van der Waals surface area contributed by atoms with Crippen LogP contribution in [0.15, 0.2) is 66.0 Å². The van der Waals surface area contributed by atoms with Crippen LogP contribution in [0, 0.1) is 0 Å². The van der Waals surface area contributed by atoms with Gasteiger partial charge in [0, 0.05) is 55.6 Å². The molecule has 0 spiro atoms. The molecule has 6 heteroatoms. The third kappa shape index (κ3) is 5.11. The van der Waals surface area contributed by atoms with Gasteiger partial charge in [0.15, 0.2) is 0 Å². The van der Waals surface area contributed by atoms with Crippen LogP contribution in [0.3, 0.4) is 0 Å². The maximum atomic E-state index is 13.2. The summed E-state index contributed by atoms with van der Waals surface area (Å²) < 4.78 is 0. The van der Waals surface area contributed by atoms with Crippen LogP contribution in [0.25, 0.3) is 0 Å². The van der Waals surface area contributed by atoms with Gasteiger partial charge in [-0.1, -0.05) is 49.4 Å². The Morgan fingerprint density at radius 3 is 2.47 bits per heavy atom. The van der Waals surface area contributed by atoms with Crippen LogP contribution in [0.5, 0.6) is 0 Å². The molecule has 0 aliphatic carbocycles. The van der Waals surface area contributed by atoms with E-state index in [2.05, 4.69) is 53.6 Å². The predicted molar refractivity (Wildman–Crippen MR) is 145 cm³/mol. The van der Waals surface area contributed by atoms with Crippen molar-refractivity contribution in [3.8, 4) is 0 Å². The average Bonchev–Trinajstić information content (AvgIpc) is 3.40. The van der Waals surface area contributed by atoms with Crippen LogP contribution in [0.1, 0.15) is 58.2 Å². The normalized spacial score (nSPS) is 20.3. The molecule has 2 aliphatic heterocycles. The highest BCUT2D eigenvalue weighted by Gasteiger charge is 2.32. The Labute approximate surface area is 218 Å². The monoisotopic (exact) mass is 501 g/mol. The molecule has 0 saturated carbocycles. The van der Waals surface area contributed by atoms with Crippen molar-refractivity contribution in [2.75, 3.05) is 32.7 Å². The lowest BCUT2D eigenvalue weighted by Gasteiger charge is -2.41. The number of benzene rings is 2. The molecule has 36 heavy (non-hydrogen) atoms. The number of rotatable bonds is 6. The largest absolute Gasteiger partial charge is 0.339 e. The van der Waals surface area contributed by atoms with Crippen LogP contribution in [0.2, 0.25) is 0 Å². The number of nitrogens with zero attached hydrogens (tertiary/aromatic N) is 3. The molecule has 0 radical (unpaired) electrons. The first-order valence-corrected chi connectivity index (χ1v) is 14.0. The predicted octanol–water partition coefficient (Wildman–Crippen LogP) is 5.02. The highest BCUT2D eigenvalue weighted by molar-refractivity contribution is 7.10. The van der Waals surface area contributed by atoms with Crippen molar-refractivity contribution in [1.82, 2.24) is 14.7 Å². The van der Waals surface area contributed by atoms with Gasteiger partial charge in [-0.3, -0.25) is 14.5 Å². The molecule has 5 nitrogen and oxygen atoms in total. The fourth-order valence-electron chi connectivity index (χ4n) is 5.57. The van der Waals surface area contributed by atoms with Gasteiger partial charge in [-0.05, 0) is 60.0 Å². The summed E-state index contributed by atoms with van der Waals surface area (Å²) in [5.74, 6) is 0.243. The lowest BCUT2D eigenvalue weighted by Crippen LogP contribution is -2.55. The van der Waals surface area contributed by atoms with Gasteiger partial charge in [-0.2, -0.15) is 0 Å². The van der Waals surface area contributed by atoms with Crippen molar-refractivity contribution in [3.63, 3.8) is 0 Å². The van der Waals surface area contributed by atoms with Gasteiger partial charge in [0.2, 0.25) is 5.91 Å². The van der Waals surface area contributed by atoms with Crippen molar-refractivity contribution >= 4 is 23.2 Å². The van der Waals surface area contributed by atoms with Gasteiger partial charge >= 0.3 is 0 Å². The third-order valence-corrected chi connectivity index (χ3v) is 8.64. The third-order valence-electron chi connectivity index (χ3n) is 7.64. The summed E-state index contributed by atoms with van der Waals surface area (Å²) in [7, 11) is 0. The van der Waals surface area contributed by atoms with Gasteiger partial charge in [0.05, 0.1) is 6.04 Å². The first-order chi connectivity index (χ1) is 17.5. The number of hydrogen-bond acceptors (Lipinski definition) is 4. The van der Waals surface area contributed by atoms with Crippen LogP contribution in [-0.4, -0.2) is 65.3 Å².